The van der Waals surface area contributed by atoms with Crippen LogP contribution in [-0.2, 0) is 11.2 Å². The van der Waals surface area contributed by atoms with Crippen LogP contribution in [0, 0.1) is 0 Å². The SMILES string of the molecule is O=C(Cc1cccnc1)N1CCC[C@H]1c1nc(-c2ccccc2)n[nH]1. The number of hydrogen-bond acceptors (Lipinski definition) is 4. The molecule has 0 radical (unpaired) electrons. The first-order chi connectivity index (χ1) is 12.3. The molecule has 2 aromatic heterocycles. The van der Waals surface area contributed by atoms with Gasteiger partial charge >= 0.3 is 0 Å². The van der Waals surface area contributed by atoms with Gasteiger partial charge in [0.2, 0.25) is 5.91 Å². The summed E-state index contributed by atoms with van der Waals surface area (Å²) in [5.41, 5.74) is 1.90. The number of nitrogens with zero attached hydrogens (tertiary/aromatic N) is 4. The Morgan fingerprint density at radius 3 is 2.88 bits per heavy atom. The maximum absolute atomic E-state index is 12.7. The van der Waals surface area contributed by atoms with Crippen molar-refractivity contribution in [3.05, 3.63) is 66.2 Å². The molecule has 1 atom stereocenters. The molecule has 4 rings (SSSR count). The smallest absolute Gasteiger partial charge is 0.227 e. The van der Waals surface area contributed by atoms with Crippen molar-refractivity contribution in [3.63, 3.8) is 0 Å². The quantitative estimate of drug-likeness (QED) is 0.796. The molecular formula is C19H19N5O. The third-order valence-electron chi connectivity index (χ3n) is 4.50. The molecule has 6 nitrogen and oxygen atoms in total. The minimum atomic E-state index is -0.0332. The predicted molar refractivity (Wildman–Crippen MR) is 93.4 cm³/mol. The van der Waals surface area contributed by atoms with Gasteiger partial charge in [-0.25, -0.2) is 4.98 Å². The number of benzene rings is 1. The van der Waals surface area contributed by atoms with E-state index in [1.807, 2.05) is 47.4 Å². The summed E-state index contributed by atoms with van der Waals surface area (Å²) >= 11 is 0. The summed E-state index contributed by atoms with van der Waals surface area (Å²) < 4.78 is 0. The van der Waals surface area contributed by atoms with Crippen molar-refractivity contribution in [1.29, 1.82) is 0 Å². The van der Waals surface area contributed by atoms with E-state index in [1.165, 1.54) is 0 Å². The highest BCUT2D eigenvalue weighted by Crippen LogP contribution is 2.31. The number of carbonyl (C=O) groups excluding carboxylic acids is 1. The number of likely N-dealkylation sites (tertiary alicyclic amines) is 1. The van der Waals surface area contributed by atoms with E-state index in [2.05, 4.69) is 20.2 Å². The highest BCUT2D eigenvalue weighted by Gasteiger charge is 2.32. The van der Waals surface area contributed by atoms with Gasteiger partial charge in [-0.2, -0.15) is 5.10 Å². The molecular weight excluding hydrogens is 314 g/mol. The van der Waals surface area contributed by atoms with Crippen LogP contribution < -0.4 is 0 Å². The molecule has 126 valence electrons. The summed E-state index contributed by atoms with van der Waals surface area (Å²) in [7, 11) is 0. The van der Waals surface area contributed by atoms with E-state index in [9.17, 15) is 4.79 Å². The minimum absolute atomic E-state index is 0.0332. The van der Waals surface area contributed by atoms with Crippen LogP contribution in [0.1, 0.15) is 30.3 Å². The average Bonchev–Trinajstić information content (AvgIpc) is 3.32. The van der Waals surface area contributed by atoms with E-state index in [4.69, 9.17) is 0 Å². The van der Waals surface area contributed by atoms with Crippen molar-refractivity contribution in [2.75, 3.05) is 6.54 Å². The molecule has 3 heterocycles. The minimum Gasteiger partial charge on any atom is -0.332 e. The monoisotopic (exact) mass is 333 g/mol. The maximum Gasteiger partial charge on any atom is 0.227 e. The third kappa shape index (κ3) is 3.28. The number of amides is 1. The van der Waals surface area contributed by atoms with Gasteiger partial charge in [0.25, 0.3) is 0 Å². The molecule has 1 N–H and O–H groups in total. The normalized spacial score (nSPS) is 17.0. The molecule has 0 unspecified atom stereocenters. The Bertz CT molecular complexity index is 847. The number of pyridine rings is 1. The summed E-state index contributed by atoms with van der Waals surface area (Å²) in [5.74, 6) is 1.53. The number of H-pyrrole nitrogens is 1. The molecule has 1 fully saturated rings. The Morgan fingerprint density at radius 2 is 2.08 bits per heavy atom. The zero-order valence-corrected chi connectivity index (χ0v) is 13.8. The number of carbonyl (C=O) groups is 1. The van der Waals surface area contributed by atoms with Gasteiger partial charge in [0.15, 0.2) is 5.82 Å². The van der Waals surface area contributed by atoms with E-state index in [-0.39, 0.29) is 11.9 Å². The second kappa shape index (κ2) is 6.84. The first kappa shape index (κ1) is 15.5. The van der Waals surface area contributed by atoms with Crippen molar-refractivity contribution < 1.29 is 4.79 Å². The highest BCUT2D eigenvalue weighted by molar-refractivity contribution is 5.79. The Labute approximate surface area is 145 Å². The van der Waals surface area contributed by atoms with Crippen molar-refractivity contribution in [1.82, 2.24) is 25.1 Å². The lowest BCUT2D eigenvalue weighted by atomic mass is 10.1. The van der Waals surface area contributed by atoms with E-state index in [1.54, 1.807) is 12.4 Å². The number of aromatic amines is 1. The van der Waals surface area contributed by atoms with E-state index >= 15 is 0 Å². The number of nitrogens with one attached hydrogen (secondary N) is 1. The molecule has 1 aliphatic heterocycles. The van der Waals surface area contributed by atoms with Crippen LogP contribution in [0.5, 0.6) is 0 Å². The van der Waals surface area contributed by atoms with Crippen molar-refractivity contribution in [2.24, 2.45) is 0 Å². The van der Waals surface area contributed by atoms with E-state index in [0.717, 1.165) is 36.3 Å². The van der Waals surface area contributed by atoms with Crippen LogP contribution in [0.2, 0.25) is 0 Å². The van der Waals surface area contributed by atoms with Crippen LogP contribution in [0.15, 0.2) is 54.9 Å². The van der Waals surface area contributed by atoms with Crippen LogP contribution >= 0.6 is 0 Å². The van der Waals surface area contributed by atoms with Crippen LogP contribution in [0.4, 0.5) is 0 Å². The second-order valence-corrected chi connectivity index (χ2v) is 6.19. The first-order valence-electron chi connectivity index (χ1n) is 8.47. The lowest BCUT2D eigenvalue weighted by Crippen LogP contribution is -2.32. The lowest BCUT2D eigenvalue weighted by Gasteiger charge is -2.22. The van der Waals surface area contributed by atoms with Gasteiger partial charge in [-0.15, -0.1) is 0 Å². The predicted octanol–water partition coefficient (Wildman–Crippen LogP) is 2.77. The largest absolute Gasteiger partial charge is 0.332 e. The molecule has 0 aliphatic carbocycles. The Kier molecular flexibility index (Phi) is 4.24. The number of aromatic nitrogens is 4. The van der Waals surface area contributed by atoms with Crippen LogP contribution in [-0.4, -0.2) is 37.5 Å². The fraction of sp³-hybridized carbons (Fsp3) is 0.263. The Morgan fingerprint density at radius 1 is 1.20 bits per heavy atom. The summed E-state index contributed by atoms with van der Waals surface area (Å²) in [6.45, 7) is 0.755. The highest BCUT2D eigenvalue weighted by atomic mass is 16.2. The van der Waals surface area contributed by atoms with Gasteiger partial charge in [-0.3, -0.25) is 14.9 Å². The summed E-state index contributed by atoms with van der Waals surface area (Å²) in [6.07, 6.45) is 5.70. The number of hydrogen-bond donors (Lipinski definition) is 1. The van der Waals surface area contributed by atoms with Crippen molar-refractivity contribution in [2.45, 2.75) is 25.3 Å². The standard InChI is InChI=1S/C19H19N5O/c25-17(12-14-6-4-10-20-13-14)24-11-5-9-16(24)19-21-18(22-23-19)15-7-2-1-3-8-15/h1-4,6-8,10,13,16H,5,9,11-12H2,(H,21,22,23)/t16-/m0/s1. The Hall–Kier alpha value is -3.02. The molecule has 1 aromatic carbocycles. The molecule has 6 heteroatoms. The van der Waals surface area contributed by atoms with Crippen LogP contribution in [0.25, 0.3) is 11.4 Å². The van der Waals surface area contributed by atoms with E-state index < -0.39 is 0 Å². The van der Waals surface area contributed by atoms with Crippen LogP contribution in [0.3, 0.4) is 0 Å². The van der Waals surface area contributed by atoms with Gasteiger partial charge in [0, 0.05) is 24.5 Å². The average molecular weight is 333 g/mol. The molecule has 0 spiro atoms. The molecule has 0 saturated carbocycles. The van der Waals surface area contributed by atoms with Crippen molar-refractivity contribution >= 4 is 5.91 Å². The fourth-order valence-electron chi connectivity index (χ4n) is 3.27. The van der Waals surface area contributed by atoms with Gasteiger partial charge in [0.05, 0.1) is 12.5 Å². The molecule has 1 amide bonds. The summed E-state index contributed by atoms with van der Waals surface area (Å²) in [6, 6.07) is 13.6. The van der Waals surface area contributed by atoms with E-state index in [0.29, 0.717) is 12.2 Å². The summed E-state index contributed by atoms with van der Waals surface area (Å²) in [5, 5.41) is 7.35. The third-order valence-corrected chi connectivity index (χ3v) is 4.50. The van der Waals surface area contributed by atoms with Gasteiger partial charge < -0.3 is 4.90 Å². The Balaban J connectivity index is 1.52. The zero-order valence-electron chi connectivity index (χ0n) is 13.8. The topological polar surface area (TPSA) is 74.8 Å². The fourth-order valence-corrected chi connectivity index (χ4v) is 3.27. The van der Waals surface area contributed by atoms with Gasteiger partial charge in [0.1, 0.15) is 5.82 Å². The lowest BCUT2D eigenvalue weighted by molar-refractivity contribution is -0.131. The molecule has 0 bridgehead atoms. The molecule has 1 aliphatic rings. The first-order valence-corrected chi connectivity index (χ1v) is 8.47. The van der Waals surface area contributed by atoms with Gasteiger partial charge in [-0.05, 0) is 24.5 Å². The van der Waals surface area contributed by atoms with Gasteiger partial charge in [-0.1, -0.05) is 36.4 Å². The number of rotatable bonds is 4. The molecule has 1 saturated heterocycles. The second-order valence-electron chi connectivity index (χ2n) is 6.19. The van der Waals surface area contributed by atoms with Crippen molar-refractivity contribution in [3.8, 4) is 11.4 Å². The molecule has 3 aromatic rings. The maximum atomic E-state index is 12.7. The zero-order chi connectivity index (χ0) is 17.1. The molecule has 25 heavy (non-hydrogen) atoms. The summed E-state index contributed by atoms with van der Waals surface area (Å²) in [4.78, 5) is 23.3.